The molecule has 3 aromatic rings. The number of hydrogen-bond acceptors (Lipinski definition) is 7. The van der Waals surface area contributed by atoms with Crippen molar-refractivity contribution in [2.24, 2.45) is 0 Å². The van der Waals surface area contributed by atoms with Gasteiger partial charge in [-0.3, -0.25) is 9.69 Å². The largest absolute Gasteiger partial charge is 0.436 e. The van der Waals surface area contributed by atoms with Gasteiger partial charge in [-0.15, -0.1) is 0 Å². The molecule has 1 atom stereocenters. The number of anilines is 1. The minimum absolute atomic E-state index is 0.0297. The van der Waals surface area contributed by atoms with E-state index in [2.05, 4.69) is 26.3 Å². The van der Waals surface area contributed by atoms with Crippen molar-refractivity contribution in [3.8, 4) is 0 Å². The molecular formula is C35H45N7O5. The molecule has 5 heterocycles. The first kappa shape index (κ1) is 31.4. The summed E-state index contributed by atoms with van der Waals surface area (Å²) in [4.78, 5) is 56.3. The highest BCUT2D eigenvalue weighted by Gasteiger charge is 2.36. The SMILES string of the molecule is Cc1cc(CC(OC(=O)N2CCC(N3CCc4ccccc4NC3=O)CC2)C(=O)N2CCC(N3CCOCC3)CC2)cc2nc[nH]c12. The third-order valence-corrected chi connectivity index (χ3v) is 10.4. The van der Waals surface area contributed by atoms with Crippen LogP contribution in [0.1, 0.15) is 42.4 Å². The Kier molecular flexibility index (Phi) is 9.30. The van der Waals surface area contributed by atoms with Crippen molar-refractivity contribution in [3.63, 3.8) is 0 Å². The molecule has 4 aliphatic heterocycles. The highest BCUT2D eigenvalue weighted by atomic mass is 16.6. The lowest BCUT2D eigenvalue weighted by molar-refractivity contribution is -0.142. The standard InChI is InChI=1S/C35H45N7O5/c1-24-20-25(21-30-32(24)37-23-36-30)22-31(33(43)40-11-7-27(8-12-40)39-16-18-46-19-17-39)47-35(45)41-13-9-28(10-14-41)42-15-6-26-4-2-3-5-29(26)38-34(42)44/h2-5,20-21,23,27-28,31H,6-19,22H2,1H3,(H,36,37)(H,38,44). The predicted molar refractivity (Wildman–Crippen MR) is 177 cm³/mol. The fourth-order valence-electron chi connectivity index (χ4n) is 7.70. The van der Waals surface area contributed by atoms with Gasteiger partial charge in [0.05, 0.1) is 30.6 Å². The number of nitrogens with zero attached hydrogens (tertiary/aromatic N) is 5. The van der Waals surface area contributed by atoms with E-state index in [1.165, 1.54) is 0 Å². The predicted octanol–water partition coefficient (Wildman–Crippen LogP) is 3.80. The smallest absolute Gasteiger partial charge is 0.410 e. The van der Waals surface area contributed by atoms with E-state index >= 15 is 0 Å². The normalized spacial score (nSPS) is 20.9. The summed E-state index contributed by atoms with van der Waals surface area (Å²) in [5.74, 6) is -0.144. The summed E-state index contributed by atoms with van der Waals surface area (Å²) in [6, 6.07) is 12.3. The number of likely N-dealkylation sites (tertiary alicyclic amines) is 2. The van der Waals surface area contributed by atoms with Crippen molar-refractivity contribution in [2.45, 2.75) is 63.6 Å². The average Bonchev–Trinajstić information content (AvgIpc) is 3.52. The Morgan fingerprint density at radius 1 is 0.957 bits per heavy atom. The Labute approximate surface area is 275 Å². The number of H-pyrrole nitrogens is 1. The number of imidazole rings is 1. The van der Waals surface area contributed by atoms with Gasteiger partial charge in [-0.05, 0) is 67.9 Å². The molecule has 4 aliphatic rings. The number of hydrogen-bond donors (Lipinski definition) is 2. The van der Waals surface area contributed by atoms with Gasteiger partial charge >= 0.3 is 12.1 Å². The van der Waals surface area contributed by atoms with Crippen LogP contribution in [0.2, 0.25) is 0 Å². The average molecular weight is 644 g/mol. The van der Waals surface area contributed by atoms with Gasteiger partial charge in [0.25, 0.3) is 5.91 Å². The number of aryl methyl sites for hydroxylation is 1. The number of benzene rings is 2. The van der Waals surface area contributed by atoms with E-state index < -0.39 is 12.2 Å². The summed E-state index contributed by atoms with van der Waals surface area (Å²) in [6.45, 7) is 8.23. The number of fused-ring (bicyclic) bond motifs is 2. The zero-order chi connectivity index (χ0) is 32.3. The van der Waals surface area contributed by atoms with E-state index in [1.807, 2.05) is 47.1 Å². The molecule has 0 aliphatic carbocycles. The second-order valence-corrected chi connectivity index (χ2v) is 13.2. The van der Waals surface area contributed by atoms with Crippen molar-refractivity contribution in [3.05, 3.63) is 59.4 Å². The minimum Gasteiger partial charge on any atom is -0.436 e. The number of ether oxygens (including phenoxy) is 2. The van der Waals surface area contributed by atoms with E-state index in [9.17, 15) is 14.4 Å². The van der Waals surface area contributed by atoms with E-state index in [4.69, 9.17) is 9.47 Å². The molecule has 1 aromatic heterocycles. The van der Waals surface area contributed by atoms with Crippen LogP contribution in [0.5, 0.6) is 0 Å². The molecule has 250 valence electrons. The Balaban J connectivity index is 1.00. The van der Waals surface area contributed by atoms with Crippen LogP contribution >= 0.6 is 0 Å². The van der Waals surface area contributed by atoms with E-state index in [-0.39, 0.29) is 24.4 Å². The molecule has 7 rings (SSSR count). The van der Waals surface area contributed by atoms with Crippen molar-refractivity contribution in [2.75, 3.05) is 64.3 Å². The Morgan fingerprint density at radius 3 is 2.47 bits per heavy atom. The number of urea groups is 1. The summed E-state index contributed by atoms with van der Waals surface area (Å²) >= 11 is 0. The molecule has 1 unspecified atom stereocenters. The zero-order valence-electron chi connectivity index (χ0n) is 27.2. The van der Waals surface area contributed by atoms with Crippen molar-refractivity contribution in [1.82, 2.24) is 29.6 Å². The molecule has 12 heteroatoms. The molecule has 0 bridgehead atoms. The number of nitrogens with one attached hydrogen (secondary N) is 2. The van der Waals surface area contributed by atoms with Crippen LogP contribution in [0.15, 0.2) is 42.7 Å². The highest BCUT2D eigenvalue weighted by Crippen LogP contribution is 2.26. The molecular weight excluding hydrogens is 598 g/mol. The number of para-hydroxylation sites is 1. The van der Waals surface area contributed by atoms with Crippen LogP contribution in [0.3, 0.4) is 0 Å². The molecule has 0 spiro atoms. The third-order valence-electron chi connectivity index (χ3n) is 10.4. The molecule has 2 aromatic carbocycles. The number of morpholine rings is 1. The van der Waals surface area contributed by atoms with Crippen LogP contribution in [-0.2, 0) is 27.1 Å². The quantitative estimate of drug-likeness (QED) is 0.419. The maximum absolute atomic E-state index is 14.0. The van der Waals surface area contributed by atoms with Gasteiger partial charge in [0.2, 0.25) is 0 Å². The van der Waals surface area contributed by atoms with Crippen LogP contribution in [0, 0.1) is 6.92 Å². The number of aromatic nitrogens is 2. The number of piperidine rings is 2. The summed E-state index contributed by atoms with van der Waals surface area (Å²) in [6.07, 6.45) is 4.42. The monoisotopic (exact) mass is 643 g/mol. The molecule has 12 nitrogen and oxygen atoms in total. The summed E-state index contributed by atoms with van der Waals surface area (Å²) in [5, 5.41) is 3.06. The summed E-state index contributed by atoms with van der Waals surface area (Å²) in [7, 11) is 0. The van der Waals surface area contributed by atoms with E-state index in [0.29, 0.717) is 51.6 Å². The van der Waals surface area contributed by atoms with Gasteiger partial charge in [0, 0.05) is 70.0 Å². The second kappa shape index (κ2) is 13.9. The van der Waals surface area contributed by atoms with Gasteiger partial charge in [0.1, 0.15) is 0 Å². The molecule has 0 radical (unpaired) electrons. The number of aromatic amines is 1. The lowest BCUT2D eigenvalue weighted by atomic mass is 10.00. The van der Waals surface area contributed by atoms with Gasteiger partial charge in [-0.1, -0.05) is 24.3 Å². The maximum atomic E-state index is 14.0. The zero-order valence-corrected chi connectivity index (χ0v) is 27.2. The number of rotatable bonds is 6. The van der Waals surface area contributed by atoms with Gasteiger partial charge in [-0.25, -0.2) is 14.6 Å². The first-order valence-electron chi connectivity index (χ1n) is 17.1. The maximum Gasteiger partial charge on any atom is 0.410 e. The molecule has 0 saturated carbocycles. The van der Waals surface area contributed by atoms with Gasteiger partial charge < -0.3 is 34.5 Å². The number of carbonyl (C=O) groups excluding carboxylic acids is 3. The number of amides is 4. The Morgan fingerprint density at radius 2 is 1.68 bits per heavy atom. The lowest BCUT2D eigenvalue weighted by Crippen LogP contribution is -2.53. The molecule has 2 N–H and O–H groups in total. The van der Waals surface area contributed by atoms with Crippen molar-refractivity contribution >= 4 is 34.8 Å². The second-order valence-electron chi connectivity index (χ2n) is 13.2. The van der Waals surface area contributed by atoms with Crippen molar-refractivity contribution < 1.29 is 23.9 Å². The first-order valence-corrected chi connectivity index (χ1v) is 17.1. The highest BCUT2D eigenvalue weighted by molar-refractivity contribution is 5.91. The van der Waals surface area contributed by atoms with Crippen molar-refractivity contribution in [1.29, 1.82) is 0 Å². The minimum atomic E-state index is -0.939. The van der Waals surface area contributed by atoms with Gasteiger partial charge in [-0.2, -0.15) is 0 Å². The van der Waals surface area contributed by atoms with Crippen LogP contribution < -0.4 is 5.32 Å². The Hall–Kier alpha value is -4.16. The van der Waals surface area contributed by atoms with E-state index in [1.54, 1.807) is 11.2 Å². The van der Waals surface area contributed by atoms with E-state index in [0.717, 1.165) is 79.0 Å². The summed E-state index contributed by atoms with van der Waals surface area (Å²) in [5.41, 5.74) is 5.72. The first-order chi connectivity index (χ1) is 22.9. The van der Waals surface area contributed by atoms with Crippen LogP contribution in [-0.4, -0.2) is 125 Å². The molecule has 3 fully saturated rings. The lowest BCUT2D eigenvalue weighted by Gasteiger charge is -2.41. The Bertz CT molecular complexity index is 1590. The van der Waals surface area contributed by atoms with Crippen LogP contribution in [0.4, 0.5) is 15.3 Å². The van der Waals surface area contributed by atoms with Crippen LogP contribution in [0.25, 0.3) is 11.0 Å². The number of carbonyl (C=O) groups is 3. The molecule has 47 heavy (non-hydrogen) atoms. The molecule has 3 saturated heterocycles. The van der Waals surface area contributed by atoms with Gasteiger partial charge in [0.15, 0.2) is 6.10 Å². The summed E-state index contributed by atoms with van der Waals surface area (Å²) < 4.78 is 11.6. The topological polar surface area (TPSA) is 123 Å². The molecule has 4 amide bonds. The fraction of sp³-hybridized carbons (Fsp3) is 0.543. The fourth-order valence-corrected chi connectivity index (χ4v) is 7.70. The third kappa shape index (κ3) is 6.94.